The summed E-state index contributed by atoms with van der Waals surface area (Å²) in [6.45, 7) is 1.62. The van der Waals surface area contributed by atoms with Gasteiger partial charge in [0.25, 0.3) is 0 Å². The van der Waals surface area contributed by atoms with Gasteiger partial charge in [-0.25, -0.2) is 4.79 Å². The van der Waals surface area contributed by atoms with Crippen molar-refractivity contribution in [3.8, 4) is 0 Å². The quantitative estimate of drug-likeness (QED) is 0.609. The van der Waals surface area contributed by atoms with E-state index in [4.69, 9.17) is 5.11 Å². The number of urea groups is 1. The van der Waals surface area contributed by atoms with Crippen molar-refractivity contribution >= 4 is 23.8 Å². The number of hydrogen-bond donors (Lipinski definition) is 3. The summed E-state index contributed by atoms with van der Waals surface area (Å²) in [5.41, 5.74) is 0. The first-order valence-electron chi connectivity index (χ1n) is 4.35. The second kappa shape index (κ2) is 7.49. The lowest BCUT2D eigenvalue weighted by Crippen LogP contribution is -2.44. The standard InChI is InChI=1S/C8H16N2O3S/c1-3-6(5-14-2)10-8(13)9-4-7(11)12/h6H,3-5H2,1-2H3,(H,11,12)(H2,9,10,13). The molecular weight excluding hydrogens is 204 g/mol. The number of aliphatic carboxylic acids is 1. The smallest absolute Gasteiger partial charge is 0.323 e. The normalized spacial score (nSPS) is 11.9. The highest BCUT2D eigenvalue weighted by atomic mass is 32.2. The molecule has 82 valence electrons. The summed E-state index contributed by atoms with van der Waals surface area (Å²) in [6, 6.07) is -0.327. The third-order valence-electron chi connectivity index (χ3n) is 1.60. The zero-order valence-electron chi connectivity index (χ0n) is 8.37. The first-order valence-corrected chi connectivity index (χ1v) is 5.74. The van der Waals surface area contributed by atoms with Gasteiger partial charge < -0.3 is 15.7 Å². The molecule has 0 saturated carbocycles. The number of carboxylic acids is 1. The number of carboxylic acid groups (broad SMARTS) is 1. The highest BCUT2D eigenvalue weighted by Crippen LogP contribution is 2.00. The number of carbonyl (C=O) groups excluding carboxylic acids is 1. The predicted molar refractivity (Wildman–Crippen MR) is 56.6 cm³/mol. The maximum atomic E-state index is 11.1. The van der Waals surface area contributed by atoms with Crippen LogP contribution >= 0.6 is 11.8 Å². The second-order valence-corrected chi connectivity index (χ2v) is 3.69. The van der Waals surface area contributed by atoms with E-state index in [1.165, 1.54) is 0 Å². The Morgan fingerprint density at radius 1 is 1.50 bits per heavy atom. The third kappa shape index (κ3) is 6.59. The highest BCUT2D eigenvalue weighted by Gasteiger charge is 2.09. The van der Waals surface area contributed by atoms with Gasteiger partial charge in [-0.3, -0.25) is 4.79 Å². The van der Waals surface area contributed by atoms with Gasteiger partial charge in [0.05, 0.1) is 0 Å². The van der Waals surface area contributed by atoms with Gasteiger partial charge in [-0.05, 0) is 12.7 Å². The minimum atomic E-state index is -1.04. The predicted octanol–water partition coefficient (Wildman–Crippen LogP) is 0.512. The van der Waals surface area contributed by atoms with Gasteiger partial charge in [0.1, 0.15) is 6.54 Å². The fourth-order valence-corrected chi connectivity index (χ4v) is 1.58. The Morgan fingerprint density at radius 3 is 2.57 bits per heavy atom. The summed E-state index contributed by atoms with van der Waals surface area (Å²) in [5, 5.41) is 13.2. The Kier molecular flexibility index (Phi) is 7.00. The SMILES string of the molecule is CCC(CSC)NC(=O)NCC(=O)O. The summed E-state index contributed by atoms with van der Waals surface area (Å²) in [5.74, 6) is -0.213. The first kappa shape index (κ1) is 13.1. The molecule has 0 radical (unpaired) electrons. The van der Waals surface area contributed by atoms with E-state index >= 15 is 0 Å². The molecule has 0 heterocycles. The molecule has 6 heteroatoms. The van der Waals surface area contributed by atoms with Crippen molar-refractivity contribution < 1.29 is 14.7 Å². The molecule has 0 aromatic heterocycles. The molecule has 0 aliphatic rings. The van der Waals surface area contributed by atoms with Gasteiger partial charge in [0.15, 0.2) is 0 Å². The number of amides is 2. The topological polar surface area (TPSA) is 78.4 Å². The largest absolute Gasteiger partial charge is 0.480 e. The van der Waals surface area contributed by atoms with Crippen LogP contribution in [0.1, 0.15) is 13.3 Å². The monoisotopic (exact) mass is 220 g/mol. The van der Waals surface area contributed by atoms with Crippen molar-refractivity contribution in [2.45, 2.75) is 19.4 Å². The average Bonchev–Trinajstić information content (AvgIpc) is 2.14. The molecule has 0 aromatic rings. The lowest BCUT2D eigenvalue weighted by Gasteiger charge is -2.15. The Morgan fingerprint density at radius 2 is 2.14 bits per heavy atom. The van der Waals surface area contributed by atoms with Crippen molar-refractivity contribution in [1.82, 2.24) is 10.6 Å². The van der Waals surface area contributed by atoms with Crippen LogP contribution in [-0.2, 0) is 4.79 Å². The van der Waals surface area contributed by atoms with E-state index in [1.807, 2.05) is 13.2 Å². The number of hydrogen-bond acceptors (Lipinski definition) is 3. The van der Waals surface area contributed by atoms with Crippen molar-refractivity contribution in [1.29, 1.82) is 0 Å². The number of rotatable bonds is 6. The molecule has 1 atom stereocenters. The van der Waals surface area contributed by atoms with Crippen molar-refractivity contribution in [3.63, 3.8) is 0 Å². The van der Waals surface area contributed by atoms with E-state index in [2.05, 4.69) is 10.6 Å². The van der Waals surface area contributed by atoms with Crippen molar-refractivity contribution in [3.05, 3.63) is 0 Å². The molecular formula is C8H16N2O3S. The van der Waals surface area contributed by atoms with Crippen LogP contribution in [0.3, 0.4) is 0 Å². The summed E-state index contributed by atoms with van der Waals surface area (Å²) < 4.78 is 0. The minimum absolute atomic E-state index is 0.0961. The van der Waals surface area contributed by atoms with Crippen molar-refractivity contribution in [2.75, 3.05) is 18.6 Å². The lowest BCUT2D eigenvalue weighted by molar-refractivity contribution is -0.135. The van der Waals surface area contributed by atoms with Gasteiger partial charge in [-0.2, -0.15) is 11.8 Å². The van der Waals surface area contributed by atoms with Crippen LogP contribution in [-0.4, -0.2) is 41.7 Å². The molecule has 1 unspecified atom stereocenters. The van der Waals surface area contributed by atoms with Gasteiger partial charge >= 0.3 is 12.0 Å². The zero-order chi connectivity index (χ0) is 11.0. The molecule has 5 nitrogen and oxygen atoms in total. The van der Waals surface area contributed by atoms with E-state index in [9.17, 15) is 9.59 Å². The van der Waals surface area contributed by atoms with Crippen LogP contribution in [0.15, 0.2) is 0 Å². The summed E-state index contributed by atoms with van der Waals surface area (Å²) >= 11 is 1.64. The molecule has 0 fully saturated rings. The zero-order valence-corrected chi connectivity index (χ0v) is 9.19. The van der Waals surface area contributed by atoms with Crippen LogP contribution in [0.25, 0.3) is 0 Å². The van der Waals surface area contributed by atoms with E-state index < -0.39 is 12.0 Å². The summed E-state index contributed by atoms with van der Waals surface area (Å²) in [4.78, 5) is 21.2. The van der Waals surface area contributed by atoms with Crippen LogP contribution < -0.4 is 10.6 Å². The third-order valence-corrected chi connectivity index (χ3v) is 2.33. The first-order chi connectivity index (χ1) is 6.60. The molecule has 0 aliphatic carbocycles. The van der Waals surface area contributed by atoms with E-state index in [1.54, 1.807) is 11.8 Å². The van der Waals surface area contributed by atoms with Crippen LogP contribution in [0.5, 0.6) is 0 Å². The fourth-order valence-electron chi connectivity index (χ4n) is 0.855. The highest BCUT2D eigenvalue weighted by molar-refractivity contribution is 7.98. The Bertz CT molecular complexity index is 199. The molecule has 0 aliphatic heterocycles. The van der Waals surface area contributed by atoms with Crippen LogP contribution in [0.4, 0.5) is 4.79 Å². The molecule has 2 amide bonds. The Labute approximate surface area is 87.6 Å². The molecule has 0 aromatic carbocycles. The number of nitrogens with one attached hydrogen (secondary N) is 2. The molecule has 14 heavy (non-hydrogen) atoms. The summed E-state index contributed by atoms with van der Waals surface area (Å²) in [7, 11) is 0. The van der Waals surface area contributed by atoms with E-state index in [0.29, 0.717) is 0 Å². The Hall–Kier alpha value is -0.910. The van der Waals surface area contributed by atoms with E-state index in [0.717, 1.165) is 12.2 Å². The maximum absolute atomic E-state index is 11.1. The van der Waals surface area contributed by atoms with Gasteiger partial charge in [-0.1, -0.05) is 6.92 Å². The van der Waals surface area contributed by atoms with Crippen LogP contribution in [0, 0.1) is 0 Å². The molecule has 0 bridgehead atoms. The van der Waals surface area contributed by atoms with Crippen molar-refractivity contribution in [2.24, 2.45) is 0 Å². The number of carbonyl (C=O) groups is 2. The molecule has 0 saturated heterocycles. The van der Waals surface area contributed by atoms with E-state index in [-0.39, 0.29) is 12.6 Å². The molecule has 0 spiro atoms. The van der Waals surface area contributed by atoms with Gasteiger partial charge in [0.2, 0.25) is 0 Å². The minimum Gasteiger partial charge on any atom is -0.480 e. The van der Waals surface area contributed by atoms with Crippen LogP contribution in [0.2, 0.25) is 0 Å². The Balaban J connectivity index is 3.72. The molecule has 0 rings (SSSR count). The maximum Gasteiger partial charge on any atom is 0.323 e. The lowest BCUT2D eigenvalue weighted by atomic mass is 10.3. The second-order valence-electron chi connectivity index (χ2n) is 2.78. The average molecular weight is 220 g/mol. The number of thioether (sulfide) groups is 1. The fraction of sp³-hybridized carbons (Fsp3) is 0.750. The molecule has 3 N–H and O–H groups in total. The van der Waals surface area contributed by atoms with Gasteiger partial charge in [-0.15, -0.1) is 0 Å². The summed E-state index contributed by atoms with van der Waals surface area (Å²) in [6.07, 6.45) is 2.79. The van der Waals surface area contributed by atoms with Gasteiger partial charge in [0, 0.05) is 11.8 Å².